The van der Waals surface area contributed by atoms with Gasteiger partial charge in [-0.05, 0) is 41.3 Å². The van der Waals surface area contributed by atoms with E-state index in [1.807, 2.05) is 60.7 Å². The van der Waals surface area contributed by atoms with Crippen LogP contribution in [0.2, 0.25) is 0 Å². The molecular formula is C30H24N2O2. The zero-order chi connectivity index (χ0) is 23.6. The summed E-state index contributed by atoms with van der Waals surface area (Å²) in [4.78, 5) is 28.9. The van der Waals surface area contributed by atoms with E-state index in [1.54, 1.807) is 6.07 Å². The summed E-state index contributed by atoms with van der Waals surface area (Å²) in [6.07, 6.45) is 0. The molecular weight excluding hydrogens is 420 g/mol. The van der Waals surface area contributed by atoms with E-state index in [2.05, 4.69) is 49.6 Å². The fourth-order valence-corrected chi connectivity index (χ4v) is 5.16. The molecule has 1 aliphatic heterocycles. The average molecular weight is 445 g/mol. The molecule has 1 aromatic heterocycles. The number of hydrogen-bond acceptors (Lipinski definition) is 2. The first kappa shape index (κ1) is 20.4. The van der Waals surface area contributed by atoms with Crippen LogP contribution in [0.15, 0.2) is 91.0 Å². The number of carbonyl (C=O) groups excluding carboxylic acids is 2. The highest BCUT2D eigenvalue weighted by molar-refractivity contribution is 6.36. The molecule has 6 rings (SSSR count). The molecule has 2 amide bonds. The lowest BCUT2D eigenvalue weighted by Gasteiger charge is -2.26. The zero-order valence-corrected chi connectivity index (χ0v) is 19.4. The van der Waals surface area contributed by atoms with Crippen LogP contribution in [0.4, 0.5) is 5.69 Å². The highest BCUT2D eigenvalue weighted by Crippen LogP contribution is 2.40. The molecule has 0 radical (unpaired) electrons. The Morgan fingerprint density at radius 3 is 1.79 bits per heavy atom. The van der Waals surface area contributed by atoms with E-state index in [1.165, 1.54) is 4.90 Å². The van der Waals surface area contributed by atoms with Crippen molar-refractivity contribution in [3.63, 3.8) is 0 Å². The van der Waals surface area contributed by atoms with Gasteiger partial charge in [0.05, 0.1) is 33.5 Å². The van der Waals surface area contributed by atoms with E-state index < -0.39 is 0 Å². The Bertz CT molecular complexity index is 1580. The number of para-hydroxylation sites is 3. The molecule has 0 aliphatic carbocycles. The van der Waals surface area contributed by atoms with Crippen LogP contribution in [0, 0.1) is 0 Å². The third-order valence-electron chi connectivity index (χ3n) is 6.67. The third kappa shape index (κ3) is 2.78. The van der Waals surface area contributed by atoms with Gasteiger partial charge in [-0.25, -0.2) is 4.90 Å². The van der Waals surface area contributed by atoms with E-state index in [4.69, 9.17) is 0 Å². The molecule has 2 heterocycles. The first-order chi connectivity index (χ1) is 16.4. The molecule has 34 heavy (non-hydrogen) atoms. The second-order valence-corrected chi connectivity index (χ2v) is 9.78. The molecule has 4 heteroatoms. The smallest absolute Gasteiger partial charge is 0.268 e. The Hall–Kier alpha value is -4.18. The second-order valence-electron chi connectivity index (χ2n) is 9.78. The molecule has 0 spiro atoms. The number of hydrogen-bond donors (Lipinski definition) is 0. The lowest BCUT2D eigenvalue weighted by Crippen LogP contribution is -2.32. The summed E-state index contributed by atoms with van der Waals surface area (Å²) in [6.45, 7) is 6.27. The predicted octanol–water partition coefficient (Wildman–Crippen LogP) is 6.88. The summed E-state index contributed by atoms with van der Waals surface area (Å²) >= 11 is 0. The summed E-state index contributed by atoms with van der Waals surface area (Å²) in [7, 11) is 0. The summed E-state index contributed by atoms with van der Waals surface area (Å²) in [5.41, 5.74) is 5.01. The van der Waals surface area contributed by atoms with Gasteiger partial charge in [-0.2, -0.15) is 0 Å². The number of anilines is 1. The molecule has 1 aliphatic rings. The van der Waals surface area contributed by atoms with Crippen molar-refractivity contribution >= 4 is 39.3 Å². The number of benzene rings is 4. The monoisotopic (exact) mass is 444 g/mol. The Labute approximate surface area is 198 Å². The highest BCUT2D eigenvalue weighted by Gasteiger charge is 2.41. The van der Waals surface area contributed by atoms with Crippen LogP contribution in [-0.2, 0) is 5.41 Å². The lowest BCUT2D eigenvalue weighted by atomic mass is 9.85. The number of imide groups is 1. The number of carbonyl (C=O) groups is 2. The molecule has 0 saturated carbocycles. The van der Waals surface area contributed by atoms with Crippen LogP contribution in [0.5, 0.6) is 0 Å². The average Bonchev–Trinajstić information content (AvgIpc) is 3.30. The zero-order valence-electron chi connectivity index (χ0n) is 19.4. The Kier molecular flexibility index (Phi) is 4.30. The molecule has 0 N–H and O–H groups in total. The topological polar surface area (TPSA) is 42.3 Å². The van der Waals surface area contributed by atoms with Gasteiger partial charge >= 0.3 is 0 Å². The minimum atomic E-state index is -0.283. The van der Waals surface area contributed by atoms with E-state index in [-0.39, 0.29) is 17.2 Å². The van der Waals surface area contributed by atoms with Crippen LogP contribution in [0.1, 0.15) is 47.1 Å². The summed E-state index contributed by atoms with van der Waals surface area (Å²) in [5.74, 6) is -0.562. The highest BCUT2D eigenvalue weighted by atomic mass is 16.2. The maximum absolute atomic E-state index is 14.0. The van der Waals surface area contributed by atoms with Gasteiger partial charge in [-0.15, -0.1) is 0 Å². The Morgan fingerprint density at radius 1 is 0.588 bits per heavy atom. The van der Waals surface area contributed by atoms with E-state index >= 15 is 0 Å². The van der Waals surface area contributed by atoms with Crippen molar-refractivity contribution in [2.45, 2.75) is 26.2 Å². The molecule has 4 aromatic carbocycles. The SMILES string of the molecule is CC(C)(C)c1ccccc1N1C(=O)c2cccc(-n3c4ccccc4c4ccccc43)c2C1=O. The van der Waals surface area contributed by atoms with E-state index in [9.17, 15) is 9.59 Å². The predicted molar refractivity (Wildman–Crippen MR) is 137 cm³/mol. The van der Waals surface area contributed by atoms with Crippen molar-refractivity contribution in [2.24, 2.45) is 0 Å². The Balaban J connectivity index is 1.62. The van der Waals surface area contributed by atoms with Crippen LogP contribution < -0.4 is 4.90 Å². The maximum Gasteiger partial charge on any atom is 0.268 e. The molecule has 0 unspecified atom stereocenters. The van der Waals surface area contributed by atoms with Crippen molar-refractivity contribution in [3.05, 3.63) is 108 Å². The van der Waals surface area contributed by atoms with Gasteiger partial charge in [-0.1, -0.05) is 81.4 Å². The standard InChI is InChI=1S/C30H24N2O2/c1-30(2,3)22-14-6-9-17-25(22)32-28(33)21-13-10-18-26(27(21)29(32)34)31-23-15-7-4-11-19(23)20-12-5-8-16-24(20)31/h4-18H,1-3H3. The molecule has 0 atom stereocenters. The number of fused-ring (bicyclic) bond motifs is 4. The van der Waals surface area contributed by atoms with E-state index in [0.29, 0.717) is 16.8 Å². The molecule has 5 aromatic rings. The van der Waals surface area contributed by atoms with Gasteiger partial charge < -0.3 is 4.57 Å². The van der Waals surface area contributed by atoms with Crippen LogP contribution >= 0.6 is 0 Å². The molecule has 166 valence electrons. The molecule has 0 fully saturated rings. The van der Waals surface area contributed by atoms with Crippen LogP contribution in [0.3, 0.4) is 0 Å². The van der Waals surface area contributed by atoms with Gasteiger partial charge in [0, 0.05) is 10.8 Å². The number of amides is 2. The quantitative estimate of drug-likeness (QED) is 0.279. The molecule has 4 nitrogen and oxygen atoms in total. The minimum absolute atomic E-state index is 0.221. The van der Waals surface area contributed by atoms with Gasteiger partial charge in [0.15, 0.2) is 0 Å². The van der Waals surface area contributed by atoms with Crippen molar-refractivity contribution in [3.8, 4) is 5.69 Å². The summed E-state index contributed by atoms with van der Waals surface area (Å²) < 4.78 is 2.11. The van der Waals surface area contributed by atoms with Crippen molar-refractivity contribution in [2.75, 3.05) is 4.90 Å². The largest absolute Gasteiger partial charge is 0.308 e. The number of aromatic nitrogens is 1. The van der Waals surface area contributed by atoms with Crippen LogP contribution in [-0.4, -0.2) is 16.4 Å². The normalized spacial score (nSPS) is 13.8. The number of nitrogens with zero attached hydrogens (tertiary/aromatic N) is 2. The maximum atomic E-state index is 14.0. The first-order valence-corrected chi connectivity index (χ1v) is 11.5. The second kappa shape index (κ2) is 7.16. The lowest BCUT2D eigenvalue weighted by molar-refractivity contribution is 0.0926. The van der Waals surface area contributed by atoms with Crippen molar-refractivity contribution in [1.82, 2.24) is 4.57 Å². The fourth-order valence-electron chi connectivity index (χ4n) is 5.16. The Morgan fingerprint density at radius 2 is 1.15 bits per heavy atom. The molecule has 0 saturated heterocycles. The van der Waals surface area contributed by atoms with Gasteiger partial charge in [0.25, 0.3) is 11.8 Å². The van der Waals surface area contributed by atoms with Crippen molar-refractivity contribution < 1.29 is 9.59 Å². The van der Waals surface area contributed by atoms with Gasteiger partial charge in [-0.3, -0.25) is 9.59 Å². The first-order valence-electron chi connectivity index (χ1n) is 11.5. The van der Waals surface area contributed by atoms with Gasteiger partial charge in [0.1, 0.15) is 0 Å². The summed E-state index contributed by atoms with van der Waals surface area (Å²) in [6, 6.07) is 29.6. The summed E-state index contributed by atoms with van der Waals surface area (Å²) in [5, 5.41) is 2.23. The van der Waals surface area contributed by atoms with E-state index in [0.717, 1.165) is 33.1 Å². The third-order valence-corrected chi connectivity index (χ3v) is 6.67. The fraction of sp³-hybridized carbons (Fsp3) is 0.133. The van der Waals surface area contributed by atoms with Crippen molar-refractivity contribution in [1.29, 1.82) is 0 Å². The van der Waals surface area contributed by atoms with Gasteiger partial charge in [0.2, 0.25) is 0 Å². The van der Waals surface area contributed by atoms with Crippen LogP contribution in [0.25, 0.3) is 27.5 Å². The number of rotatable bonds is 2. The molecule has 0 bridgehead atoms. The minimum Gasteiger partial charge on any atom is -0.308 e.